The Labute approximate surface area is 435 Å². The minimum atomic E-state index is -3.59. The number of hydrogen-bond acceptors (Lipinski definition) is 13. The van der Waals surface area contributed by atoms with Crippen LogP contribution in [-0.2, 0) is 37.5 Å². The molecule has 71 heavy (non-hydrogen) atoms. The molecule has 2 saturated heterocycles. The largest absolute Gasteiger partial charge is 0.493 e. The number of halogens is 4. The summed E-state index contributed by atoms with van der Waals surface area (Å²) < 4.78 is 75.6. The maximum Gasteiger partial charge on any atom is 0.238 e. The standard InChI is InChI=1S/C50H53Cl4N7O8S2/c1-49(39-22-34(26-55)45(43(53)24-39)66-20-16-51,37-6-10-41(11-7-37)68-31-33-29-61(30-33)71(4,64)65)14-15-50(2,40-23-35(27-56)46(44(54)25-40)67-21-17-52)38-8-12-42(13-9-38)69-32-36-28-57-48(59-70(3,62)63)58-47(36)60-18-5-19-60/h6-13,22-25,28,33H,5,14-21,29-32H2,1-4H3,(H,57,58,59). The monoisotopic (exact) mass is 1080 g/mol. The molecule has 0 saturated carbocycles. The van der Waals surface area contributed by atoms with E-state index in [2.05, 4.69) is 40.7 Å². The third kappa shape index (κ3) is 12.7. The lowest BCUT2D eigenvalue weighted by Crippen LogP contribution is -2.51. The number of alkyl halides is 2. The van der Waals surface area contributed by atoms with Crippen molar-refractivity contribution in [3.8, 4) is 35.1 Å². The molecule has 5 aromatic rings. The summed E-state index contributed by atoms with van der Waals surface area (Å²) in [6, 6.07) is 27.1. The molecule has 0 aliphatic carbocycles. The molecule has 3 heterocycles. The molecule has 7 rings (SSSR count). The first-order chi connectivity index (χ1) is 33.8. The van der Waals surface area contributed by atoms with Crippen LogP contribution in [0.4, 0.5) is 11.8 Å². The molecular weight excluding hydrogens is 1030 g/mol. The fourth-order valence-electron chi connectivity index (χ4n) is 8.60. The van der Waals surface area contributed by atoms with E-state index in [1.165, 1.54) is 10.6 Å². The fourth-order valence-corrected chi connectivity index (χ4v) is 10.7. The molecule has 15 nitrogen and oxygen atoms in total. The number of anilines is 2. The van der Waals surface area contributed by atoms with Crippen LogP contribution in [0.15, 0.2) is 79.0 Å². The highest BCUT2D eigenvalue weighted by atomic mass is 35.5. The molecule has 2 atom stereocenters. The Bertz CT molecular complexity index is 3040. The van der Waals surface area contributed by atoms with Gasteiger partial charge in [-0.2, -0.15) is 15.5 Å². The Balaban J connectivity index is 1.24. The number of nitrogens with zero attached hydrogens (tertiary/aromatic N) is 6. The summed E-state index contributed by atoms with van der Waals surface area (Å²) in [7, 11) is -6.84. The van der Waals surface area contributed by atoms with Crippen LogP contribution in [0.1, 0.15) is 72.1 Å². The summed E-state index contributed by atoms with van der Waals surface area (Å²) in [5.74, 6) is 2.67. The molecular formula is C50H53Cl4N7O8S2. The van der Waals surface area contributed by atoms with Crippen LogP contribution in [0.3, 0.4) is 0 Å². The van der Waals surface area contributed by atoms with Crippen LogP contribution >= 0.6 is 46.4 Å². The van der Waals surface area contributed by atoms with Crippen LogP contribution in [0.5, 0.6) is 23.0 Å². The summed E-state index contributed by atoms with van der Waals surface area (Å²) in [6.45, 7) is 7.26. The summed E-state index contributed by atoms with van der Waals surface area (Å²) in [4.78, 5) is 10.8. The zero-order valence-corrected chi connectivity index (χ0v) is 44.2. The van der Waals surface area contributed by atoms with E-state index in [0.29, 0.717) is 55.4 Å². The molecule has 1 N–H and O–H groups in total. The van der Waals surface area contributed by atoms with Gasteiger partial charge in [0.25, 0.3) is 0 Å². The second-order valence-corrected chi connectivity index (χ2v) is 23.3. The van der Waals surface area contributed by atoms with Gasteiger partial charge in [0.1, 0.15) is 49.3 Å². The van der Waals surface area contributed by atoms with Gasteiger partial charge in [0.05, 0.1) is 57.6 Å². The Kier molecular flexibility index (Phi) is 17.1. The van der Waals surface area contributed by atoms with Crippen molar-refractivity contribution in [1.29, 1.82) is 10.5 Å². The van der Waals surface area contributed by atoms with Gasteiger partial charge in [-0.05, 0) is 90.0 Å². The lowest BCUT2D eigenvalue weighted by Gasteiger charge is -2.38. The van der Waals surface area contributed by atoms with Crippen molar-refractivity contribution in [2.45, 2.75) is 50.5 Å². The Morgan fingerprint density at radius 1 is 0.732 bits per heavy atom. The Morgan fingerprint density at radius 2 is 1.23 bits per heavy atom. The topological polar surface area (TPSA) is 197 Å². The normalized spacial score (nSPS) is 15.8. The minimum absolute atomic E-state index is 0.0188. The molecule has 2 aliphatic rings. The average Bonchev–Trinajstić information content (AvgIpc) is 3.30. The molecule has 1 aromatic heterocycles. The van der Waals surface area contributed by atoms with Crippen molar-refractivity contribution in [3.63, 3.8) is 0 Å². The maximum atomic E-state index is 11.9. The summed E-state index contributed by atoms with van der Waals surface area (Å²) in [6.07, 6.45) is 5.70. The molecule has 2 aliphatic heterocycles. The zero-order chi connectivity index (χ0) is 51.1. The number of nitriles is 2. The summed E-state index contributed by atoms with van der Waals surface area (Å²) >= 11 is 25.8. The van der Waals surface area contributed by atoms with E-state index in [-0.39, 0.29) is 76.1 Å². The number of benzene rings is 4. The number of hydrogen-bond donors (Lipinski definition) is 1. The van der Waals surface area contributed by atoms with Gasteiger partial charge in [-0.15, -0.1) is 23.2 Å². The van der Waals surface area contributed by atoms with Crippen molar-refractivity contribution in [3.05, 3.63) is 128 Å². The van der Waals surface area contributed by atoms with E-state index >= 15 is 0 Å². The number of nitrogens with one attached hydrogen (secondary N) is 1. The summed E-state index contributed by atoms with van der Waals surface area (Å²) in [5, 5.41) is 21.3. The summed E-state index contributed by atoms with van der Waals surface area (Å²) in [5.41, 5.74) is 2.76. The number of sulfonamides is 2. The second kappa shape index (κ2) is 22.7. The first-order valence-corrected chi connectivity index (χ1v) is 28.2. The SMILES string of the molecule is CC(CCC(C)(c1ccc(OCC2CN(S(C)(=O)=O)C2)cc1)c1cc(Cl)c(OCCCl)c(C#N)c1)(c1ccc(OCc2cnc(NS(C)(=O)=O)nc2N2CCC2)cc1)c1cc(Cl)c(OCCCl)c(C#N)c1. The van der Waals surface area contributed by atoms with Crippen molar-refractivity contribution < 1.29 is 35.8 Å². The van der Waals surface area contributed by atoms with Gasteiger partial charge in [-0.1, -0.05) is 61.3 Å². The third-order valence-corrected chi connectivity index (χ3v) is 15.6. The molecule has 2 unspecified atom stereocenters. The molecule has 376 valence electrons. The van der Waals surface area contributed by atoms with Gasteiger partial charge < -0.3 is 23.8 Å². The van der Waals surface area contributed by atoms with Gasteiger partial charge in [-0.25, -0.2) is 26.1 Å². The van der Waals surface area contributed by atoms with Gasteiger partial charge in [0, 0.05) is 49.1 Å². The molecule has 0 bridgehead atoms. The van der Waals surface area contributed by atoms with E-state index in [4.69, 9.17) is 65.4 Å². The second-order valence-electron chi connectivity index (χ2n) is 18.0. The molecule has 4 aromatic carbocycles. The van der Waals surface area contributed by atoms with Crippen molar-refractivity contribution >= 4 is 78.2 Å². The lowest BCUT2D eigenvalue weighted by atomic mass is 9.65. The zero-order valence-electron chi connectivity index (χ0n) is 39.6. The number of aromatic nitrogens is 2. The quantitative estimate of drug-likeness (QED) is 0.0608. The predicted molar refractivity (Wildman–Crippen MR) is 277 cm³/mol. The Morgan fingerprint density at radius 3 is 1.65 bits per heavy atom. The van der Waals surface area contributed by atoms with Crippen LogP contribution in [0.2, 0.25) is 10.0 Å². The van der Waals surface area contributed by atoms with Gasteiger partial charge >= 0.3 is 0 Å². The molecule has 2 fully saturated rings. The fraction of sp³-hybridized carbons (Fsp3) is 0.400. The van der Waals surface area contributed by atoms with Crippen molar-refractivity contribution in [1.82, 2.24) is 14.3 Å². The first-order valence-electron chi connectivity index (χ1n) is 22.6. The number of ether oxygens (including phenoxy) is 4. The average molecular weight is 1090 g/mol. The predicted octanol–water partition coefficient (Wildman–Crippen LogP) is 9.29. The highest BCUT2D eigenvalue weighted by molar-refractivity contribution is 7.92. The highest BCUT2D eigenvalue weighted by Gasteiger charge is 2.38. The molecule has 0 amide bonds. The van der Waals surface area contributed by atoms with Crippen LogP contribution in [0, 0.1) is 28.6 Å². The van der Waals surface area contributed by atoms with Gasteiger partial charge in [-0.3, -0.25) is 4.72 Å². The van der Waals surface area contributed by atoms with Crippen molar-refractivity contribution in [2.75, 3.05) is 79.9 Å². The molecule has 0 spiro atoms. The van der Waals surface area contributed by atoms with Gasteiger partial charge in [0.2, 0.25) is 26.0 Å². The van der Waals surface area contributed by atoms with E-state index in [1.54, 1.807) is 18.3 Å². The molecule has 21 heteroatoms. The number of rotatable bonds is 23. The maximum absolute atomic E-state index is 11.9. The molecule has 0 radical (unpaired) electrons. The third-order valence-electron chi connectivity index (χ3n) is 12.9. The first kappa shape index (κ1) is 53.6. The van der Waals surface area contributed by atoms with Crippen LogP contribution in [0.25, 0.3) is 0 Å². The van der Waals surface area contributed by atoms with Crippen LogP contribution in [-0.4, -0.2) is 101 Å². The van der Waals surface area contributed by atoms with Crippen LogP contribution < -0.4 is 28.6 Å². The van der Waals surface area contributed by atoms with E-state index < -0.39 is 30.9 Å². The lowest BCUT2D eigenvalue weighted by molar-refractivity contribution is 0.130. The Hall–Kier alpha value is -5.24. The van der Waals surface area contributed by atoms with Crippen molar-refractivity contribution in [2.24, 2.45) is 5.92 Å². The minimum Gasteiger partial charge on any atom is -0.493 e. The van der Waals surface area contributed by atoms with E-state index in [9.17, 15) is 27.4 Å². The van der Waals surface area contributed by atoms with E-state index in [1.807, 2.05) is 65.6 Å². The smallest absolute Gasteiger partial charge is 0.238 e. The van der Waals surface area contributed by atoms with E-state index in [0.717, 1.165) is 48.0 Å². The van der Waals surface area contributed by atoms with Gasteiger partial charge in [0.15, 0.2) is 11.5 Å². The highest BCUT2D eigenvalue weighted by Crippen LogP contribution is 2.48.